The van der Waals surface area contributed by atoms with E-state index in [9.17, 15) is 0 Å². The smallest absolute Gasteiger partial charge is 0.154 e. The zero-order valence-electron chi connectivity index (χ0n) is 7.78. The first kappa shape index (κ1) is 7.71. The van der Waals surface area contributed by atoms with E-state index in [1.807, 2.05) is 4.68 Å². The molecule has 0 spiro atoms. The van der Waals surface area contributed by atoms with Crippen LogP contribution in [0.4, 0.5) is 0 Å². The van der Waals surface area contributed by atoms with Gasteiger partial charge in [-0.2, -0.15) is 0 Å². The largest absolute Gasteiger partial charge is 0.229 e. The number of tetrazole rings is 1. The Morgan fingerprint density at radius 2 is 2.17 bits per heavy atom. The number of aryl methyl sites for hydroxylation is 1. The highest BCUT2D eigenvalue weighted by Gasteiger charge is 2.34. The minimum Gasteiger partial charge on any atom is -0.229 e. The van der Waals surface area contributed by atoms with Crippen molar-refractivity contribution in [1.29, 1.82) is 0 Å². The summed E-state index contributed by atoms with van der Waals surface area (Å²) in [5.41, 5.74) is 0.281. The molecule has 0 aromatic carbocycles. The summed E-state index contributed by atoms with van der Waals surface area (Å²) in [4.78, 5) is 0. The number of hydrogen-bond donors (Lipinski definition) is 0. The quantitative estimate of drug-likeness (QED) is 0.581. The van der Waals surface area contributed by atoms with Crippen molar-refractivity contribution in [1.82, 2.24) is 20.2 Å². The maximum atomic E-state index is 4.05. The summed E-state index contributed by atoms with van der Waals surface area (Å²) in [7, 11) is 0. The summed E-state index contributed by atoms with van der Waals surface area (Å²) < 4.78 is 1.91. The Kier molecular flexibility index (Phi) is 1.46. The molecule has 1 aliphatic heterocycles. The van der Waals surface area contributed by atoms with Gasteiger partial charge in [0.05, 0.1) is 0 Å². The molecule has 0 aliphatic carbocycles. The van der Waals surface area contributed by atoms with Crippen molar-refractivity contribution in [2.45, 2.75) is 39.7 Å². The second kappa shape index (κ2) is 2.28. The highest BCUT2D eigenvalue weighted by molar-refractivity contribution is 5.03. The van der Waals surface area contributed by atoms with Crippen molar-refractivity contribution in [3.05, 3.63) is 5.82 Å². The van der Waals surface area contributed by atoms with Gasteiger partial charge in [0.25, 0.3) is 0 Å². The fourth-order valence-corrected chi connectivity index (χ4v) is 1.82. The molecule has 1 aromatic rings. The Hall–Kier alpha value is -0.930. The van der Waals surface area contributed by atoms with Gasteiger partial charge in [-0.05, 0) is 22.3 Å². The van der Waals surface area contributed by atoms with Gasteiger partial charge in [-0.25, -0.2) is 4.68 Å². The lowest BCUT2D eigenvalue weighted by atomic mass is 9.80. The number of hydrogen-bond acceptors (Lipinski definition) is 3. The zero-order chi connectivity index (χ0) is 8.77. The molecule has 0 saturated carbocycles. The molecule has 0 bridgehead atoms. The summed E-state index contributed by atoms with van der Waals surface area (Å²) in [6, 6.07) is 0. The molecule has 12 heavy (non-hydrogen) atoms. The van der Waals surface area contributed by atoms with Crippen LogP contribution in [0.25, 0.3) is 0 Å². The molecule has 4 heteroatoms. The first-order valence-electron chi connectivity index (χ1n) is 4.35. The number of aromatic nitrogens is 4. The number of nitrogens with zero attached hydrogens (tertiary/aromatic N) is 4. The van der Waals surface area contributed by atoms with Crippen LogP contribution in [0.5, 0.6) is 0 Å². The van der Waals surface area contributed by atoms with Crippen LogP contribution >= 0.6 is 0 Å². The molecule has 1 aliphatic rings. The predicted octanol–water partition coefficient (Wildman–Crippen LogP) is 1.21. The first-order chi connectivity index (χ1) is 5.59. The van der Waals surface area contributed by atoms with E-state index < -0.39 is 0 Å². The predicted molar refractivity (Wildman–Crippen MR) is 44.6 cm³/mol. The molecule has 1 aromatic heterocycles. The second-order valence-electron chi connectivity index (χ2n) is 4.47. The molecule has 1 unspecified atom stereocenters. The number of fused-ring (bicyclic) bond motifs is 1. The molecule has 0 amide bonds. The maximum absolute atomic E-state index is 4.05. The average Bonchev–Trinajstić information content (AvgIpc) is 2.37. The van der Waals surface area contributed by atoms with Crippen molar-refractivity contribution in [3.8, 4) is 0 Å². The van der Waals surface area contributed by atoms with Crippen LogP contribution in [-0.2, 0) is 6.54 Å². The zero-order valence-corrected chi connectivity index (χ0v) is 7.78. The Morgan fingerprint density at radius 1 is 1.42 bits per heavy atom. The molecule has 0 fully saturated rings. The minimum atomic E-state index is 0.281. The van der Waals surface area contributed by atoms with Gasteiger partial charge in [-0.15, -0.1) is 5.10 Å². The van der Waals surface area contributed by atoms with Gasteiger partial charge in [-0.3, -0.25) is 0 Å². The van der Waals surface area contributed by atoms with Crippen LogP contribution < -0.4 is 0 Å². The first-order valence-corrected chi connectivity index (χ1v) is 4.35. The fourth-order valence-electron chi connectivity index (χ4n) is 1.82. The normalized spacial score (nSPS) is 22.8. The molecule has 2 heterocycles. The fraction of sp³-hybridized carbons (Fsp3) is 0.875. The highest BCUT2D eigenvalue weighted by atomic mass is 15.5. The third-order valence-corrected chi connectivity index (χ3v) is 2.55. The van der Waals surface area contributed by atoms with Crippen LogP contribution in [0.15, 0.2) is 0 Å². The Balaban J connectivity index is 2.34. The van der Waals surface area contributed by atoms with Crippen molar-refractivity contribution in [2.24, 2.45) is 5.41 Å². The lowest BCUT2D eigenvalue weighted by Crippen LogP contribution is -2.16. The molecule has 4 nitrogen and oxygen atoms in total. The lowest BCUT2D eigenvalue weighted by Gasteiger charge is -2.24. The van der Waals surface area contributed by atoms with Crippen molar-refractivity contribution in [3.63, 3.8) is 0 Å². The van der Waals surface area contributed by atoms with Gasteiger partial charge in [0.2, 0.25) is 0 Å². The summed E-state index contributed by atoms with van der Waals surface area (Å²) in [5.74, 6) is 1.58. The third kappa shape index (κ3) is 1.02. The highest BCUT2D eigenvalue weighted by Crippen LogP contribution is 2.39. The maximum Gasteiger partial charge on any atom is 0.154 e. The molecule has 1 atom stereocenters. The summed E-state index contributed by atoms with van der Waals surface area (Å²) in [5, 5.41) is 11.6. The van der Waals surface area contributed by atoms with E-state index in [0.29, 0.717) is 5.92 Å². The van der Waals surface area contributed by atoms with E-state index in [4.69, 9.17) is 0 Å². The van der Waals surface area contributed by atoms with Gasteiger partial charge in [-0.1, -0.05) is 20.8 Å². The van der Waals surface area contributed by atoms with E-state index in [1.165, 1.54) is 0 Å². The molecule has 0 radical (unpaired) electrons. The second-order valence-corrected chi connectivity index (χ2v) is 4.47. The van der Waals surface area contributed by atoms with Crippen molar-refractivity contribution in [2.75, 3.05) is 0 Å². The van der Waals surface area contributed by atoms with E-state index in [1.54, 1.807) is 0 Å². The van der Waals surface area contributed by atoms with Crippen LogP contribution in [0.2, 0.25) is 0 Å². The SMILES string of the molecule is CC(C)(C)C1CCn2nnnc21. The third-order valence-electron chi connectivity index (χ3n) is 2.55. The standard InChI is InChI=1S/C8H14N4/c1-8(2,3)6-4-5-12-7(6)9-10-11-12/h6H,4-5H2,1-3H3. The molecule has 66 valence electrons. The molecule has 0 saturated heterocycles. The van der Waals surface area contributed by atoms with Gasteiger partial charge >= 0.3 is 0 Å². The van der Waals surface area contributed by atoms with E-state index in [-0.39, 0.29) is 5.41 Å². The Labute approximate surface area is 72.0 Å². The Bertz CT molecular complexity index is 283. The van der Waals surface area contributed by atoms with Crippen molar-refractivity contribution < 1.29 is 0 Å². The van der Waals surface area contributed by atoms with Crippen LogP contribution in [0.1, 0.15) is 38.9 Å². The topological polar surface area (TPSA) is 43.6 Å². The van der Waals surface area contributed by atoms with Crippen molar-refractivity contribution >= 4 is 0 Å². The monoisotopic (exact) mass is 166 g/mol. The summed E-state index contributed by atoms with van der Waals surface area (Å²) in [6.45, 7) is 7.69. The van der Waals surface area contributed by atoms with Gasteiger partial charge in [0.15, 0.2) is 5.82 Å². The van der Waals surface area contributed by atoms with Crippen LogP contribution in [0.3, 0.4) is 0 Å². The summed E-state index contributed by atoms with van der Waals surface area (Å²) in [6.07, 6.45) is 1.15. The van der Waals surface area contributed by atoms with E-state index in [0.717, 1.165) is 18.8 Å². The van der Waals surface area contributed by atoms with Gasteiger partial charge in [0.1, 0.15) is 0 Å². The average molecular weight is 166 g/mol. The van der Waals surface area contributed by atoms with Gasteiger partial charge in [0, 0.05) is 12.5 Å². The Morgan fingerprint density at radius 3 is 2.83 bits per heavy atom. The van der Waals surface area contributed by atoms with E-state index >= 15 is 0 Å². The van der Waals surface area contributed by atoms with Gasteiger partial charge < -0.3 is 0 Å². The molecule has 2 rings (SSSR count). The molecular formula is C8H14N4. The molecule has 0 N–H and O–H groups in total. The minimum absolute atomic E-state index is 0.281. The number of rotatable bonds is 0. The molecular weight excluding hydrogens is 152 g/mol. The van der Waals surface area contributed by atoms with Crippen LogP contribution in [-0.4, -0.2) is 20.2 Å². The van der Waals surface area contributed by atoms with E-state index in [2.05, 4.69) is 36.3 Å². The lowest BCUT2D eigenvalue weighted by molar-refractivity contribution is 0.313. The van der Waals surface area contributed by atoms with Crippen LogP contribution in [0, 0.1) is 5.41 Å². The summed E-state index contributed by atoms with van der Waals surface area (Å²) >= 11 is 0.